The van der Waals surface area contributed by atoms with Crippen molar-refractivity contribution in [3.05, 3.63) is 78.7 Å². The number of aromatic nitrogens is 1. The number of fused-ring (bicyclic) bond motifs is 3. The Kier molecular flexibility index (Phi) is 6.62. The summed E-state index contributed by atoms with van der Waals surface area (Å²) in [6.45, 7) is 7.79. The van der Waals surface area contributed by atoms with E-state index in [1.165, 1.54) is 66.8 Å². The molecule has 0 saturated carbocycles. The predicted molar refractivity (Wildman–Crippen MR) is 143 cm³/mol. The molecule has 34 heavy (non-hydrogen) atoms. The summed E-state index contributed by atoms with van der Waals surface area (Å²) < 4.78 is 2.71. The molecule has 1 aliphatic heterocycles. The Bertz CT molecular complexity index is 1600. The maximum atomic E-state index is 10.0. The number of thiophene rings is 1. The molecule has 1 N–H and O–H groups in total. The van der Waals surface area contributed by atoms with Crippen LogP contribution in [-0.4, -0.2) is 23.9 Å². The fraction of sp³-hybridized carbons (Fsp3) is 0.143. The zero-order valence-electron chi connectivity index (χ0n) is 19.4. The molecule has 3 aromatic carbocycles. The van der Waals surface area contributed by atoms with Gasteiger partial charge >= 0.3 is 0 Å². The van der Waals surface area contributed by atoms with Crippen molar-refractivity contribution in [2.45, 2.75) is 26.9 Å². The first-order chi connectivity index (χ1) is 15.8. The number of ketones is 1. The normalized spacial score (nSPS) is 13.7. The van der Waals surface area contributed by atoms with Gasteiger partial charge < -0.3 is 5.11 Å². The Morgan fingerprint density at radius 2 is 1.74 bits per heavy atom. The van der Waals surface area contributed by atoms with Gasteiger partial charge in [0.05, 0.1) is 13.8 Å². The van der Waals surface area contributed by atoms with E-state index in [1.807, 2.05) is 17.5 Å². The van der Waals surface area contributed by atoms with Crippen molar-refractivity contribution in [1.82, 2.24) is 4.98 Å². The van der Waals surface area contributed by atoms with Crippen molar-refractivity contribution >= 4 is 66.5 Å². The second-order valence-electron chi connectivity index (χ2n) is 8.98. The van der Waals surface area contributed by atoms with Gasteiger partial charge in [0.1, 0.15) is 0 Å². The van der Waals surface area contributed by atoms with E-state index in [-0.39, 0.29) is 31.6 Å². The molecular formula is C28H24IrNO2SSi-. The topological polar surface area (TPSA) is 50.2 Å². The Labute approximate surface area is 217 Å². The predicted octanol–water partition coefficient (Wildman–Crippen LogP) is 6.24. The maximum absolute atomic E-state index is 10.0. The molecule has 3 nitrogen and oxygen atoms in total. The number of hydrogen-bond acceptors (Lipinski definition) is 4. The van der Waals surface area contributed by atoms with Crippen LogP contribution in [0.4, 0.5) is 0 Å². The summed E-state index contributed by atoms with van der Waals surface area (Å²) in [6, 6.07) is 23.7. The molecule has 0 aliphatic carbocycles. The van der Waals surface area contributed by atoms with Crippen molar-refractivity contribution in [3.8, 4) is 11.3 Å². The Morgan fingerprint density at radius 1 is 1.00 bits per heavy atom. The summed E-state index contributed by atoms with van der Waals surface area (Å²) in [6.07, 6.45) is 3.12. The largest absolute Gasteiger partial charge is 0.512 e. The zero-order chi connectivity index (χ0) is 23.3. The van der Waals surface area contributed by atoms with Crippen LogP contribution in [0.1, 0.15) is 13.8 Å². The SMILES string of the molecule is CC(=O)/C=C(/C)O.C[Si]1(C)c2cc3ccccc3[c-]c2-c2nccc3sc4cccc1c4c23.[Ir]. The average Bonchev–Trinajstić information content (AvgIpc) is 3.13. The van der Waals surface area contributed by atoms with Gasteiger partial charge in [-0.2, -0.15) is 0 Å². The van der Waals surface area contributed by atoms with Crippen molar-refractivity contribution in [3.63, 3.8) is 0 Å². The first-order valence-corrected chi connectivity index (χ1v) is 14.7. The number of aliphatic hydroxyl groups excluding tert-OH is 1. The number of carbonyl (C=O) groups is 1. The van der Waals surface area contributed by atoms with E-state index in [0.29, 0.717) is 0 Å². The van der Waals surface area contributed by atoms with E-state index in [4.69, 9.17) is 10.1 Å². The molecule has 2 aromatic heterocycles. The Morgan fingerprint density at radius 3 is 2.44 bits per heavy atom. The van der Waals surface area contributed by atoms with E-state index < -0.39 is 8.07 Å². The van der Waals surface area contributed by atoms with Gasteiger partial charge in [-0.05, 0) is 36.8 Å². The van der Waals surface area contributed by atoms with Crippen LogP contribution in [0, 0.1) is 6.07 Å². The molecule has 0 amide bonds. The third-order valence-corrected chi connectivity index (χ3v) is 10.8. The number of benzene rings is 3. The maximum Gasteiger partial charge on any atom is 0.155 e. The fourth-order valence-corrected chi connectivity index (χ4v) is 8.99. The molecule has 0 bridgehead atoms. The number of hydrogen-bond donors (Lipinski definition) is 1. The van der Waals surface area contributed by atoms with E-state index in [0.717, 1.165) is 5.69 Å². The van der Waals surface area contributed by atoms with Crippen LogP contribution < -0.4 is 10.4 Å². The third kappa shape index (κ3) is 4.05. The molecule has 0 saturated heterocycles. The zero-order valence-corrected chi connectivity index (χ0v) is 23.6. The quantitative estimate of drug-likeness (QED) is 0.100. The number of rotatable bonds is 1. The Balaban J connectivity index is 0.000000303. The average molecular weight is 659 g/mol. The monoisotopic (exact) mass is 659 g/mol. The van der Waals surface area contributed by atoms with Gasteiger partial charge in [-0.15, -0.1) is 40.1 Å². The standard InChI is InChI=1S/C23H16NSSi.C5H8O2.Ir/c1-26(2)19-9-5-8-17-21(19)22-18(25-17)10-11-24-23(22)16-12-14-6-3-4-7-15(14)13-20(16)26;1-4(6)3-5(2)7;/h3-11,13H,1-2H3;3,6H,1-2H3;/q-1;;/b;4-3-;. The molecule has 5 aromatic rings. The number of carbonyl (C=O) groups excluding carboxylic acids is 1. The van der Waals surface area contributed by atoms with Crippen LogP contribution in [0.25, 0.3) is 42.2 Å². The van der Waals surface area contributed by atoms with E-state index in [2.05, 4.69) is 73.8 Å². The second kappa shape index (κ2) is 9.20. The van der Waals surface area contributed by atoms with Crippen LogP contribution in [0.5, 0.6) is 0 Å². The van der Waals surface area contributed by atoms with Gasteiger partial charge in [-0.3, -0.25) is 9.78 Å². The molecule has 6 rings (SSSR count). The smallest absolute Gasteiger partial charge is 0.155 e. The number of pyridine rings is 1. The molecule has 3 heterocycles. The first-order valence-electron chi connectivity index (χ1n) is 10.9. The number of nitrogens with zero attached hydrogens (tertiary/aromatic N) is 1. The van der Waals surface area contributed by atoms with Crippen LogP contribution in [0.15, 0.2) is 72.6 Å². The summed E-state index contributed by atoms with van der Waals surface area (Å²) in [5.74, 6) is -0.0625. The molecule has 6 heteroatoms. The molecule has 0 unspecified atom stereocenters. The number of allylic oxidation sites excluding steroid dienone is 2. The van der Waals surface area contributed by atoms with E-state index in [9.17, 15) is 4.79 Å². The van der Waals surface area contributed by atoms with E-state index >= 15 is 0 Å². The summed E-state index contributed by atoms with van der Waals surface area (Å²) in [4.78, 5) is 14.9. The molecule has 173 valence electrons. The van der Waals surface area contributed by atoms with Crippen LogP contribution >= 0.6 is 11.3 Å². The van der Waals surface area contributed by atoms with Gasteiger partial charge in [-0.1, -0.05) is 59.6 Å². The minimum atomic E-state index is -1.88. The van der Waals surface area contributed by atoms with Crippen LogP contribution in [-0.2, 0) is 24.9 Å². The third-order valence-electron chi connectivity index (χ3n) is 6.19. The molecule has 0 fully saturated rings. The van der Waals surface area contributed by atoms with Crippen molar-refractivity contribution in [2.24, 2.45) is 0 Å². The molecule has 1 aliphatic rings. The molecule has 1 radical (unpaired) electrons. The van der Waals surface area contributed by atoms with Gasteiger partial charge in [-0.25, -0.2) is 0 Å². The van der Waals surface area contributed by atoms with Gasteiger partial charge in [0.15, 0.2) is 5.78 Å². The summed E-state index contributed by atoms with van der Waals surface area (Å²) in [5, 5.41) is 16.5. The van der Waals surface area contributed by atoms with Crippen molar-refractivity contribution in [1.29, 1.82) is 0 Å². The van der Waals surface area contributed by atoms with E-state index in [1.54, 1.807) is 0 Å². The van der Waals surface area contributed by atoms with Gasteiger partial charge in [0, 0.05) is 47.5 Å². The fourth-order valence-electron chi connectivity index (χ4n) is 4.76. The Hall–Kier alpha value is -2.63. The summed E-state index contributed by atoms with van der Waals surface area (Å²) in [5.41, 5.74) is 2.32. The molecule has 0 spiro atoms. The van der Waals surface area contributed by atoms with Gasteiger partial charge in [0.25, 0.3) is 0 Å². The number of aliphatic hydroxyl groups is 1. The van der Waals surface area contributed by atoms with Crippen LogP contribution in [0.2, 0.25) is 13.1 Å². The van der Waals surface area contributed by atoms with Crippen LogP contribution in [0.3, 0.4) is 0 Å². The molecular weight excluding hydrogens is 635 g/mol. The minimum Gasteiger partial charge on any atom is -0.512 e. The summed E-state index contributed by atoms with van der Waals surface area (Å²) >= 11 is 1.89. The van der Waals surface area contributed by atoms with Crippen molar-refractivity contribution < 1.29 is 30.0 Å². The van der Waals surface area contributed by atoms with Crippen molar-refractivity contribution in [2.75, 3.05) is 0 Å². The van der Waals surface area contributed by atoms with Gasteiger partial charge in [0.2, 0.25) is 0 Å². The summed E-state index contributed by atoms with van der Waals surface area (Å²) in [7, 11) is -1.88. The first kappa shape index (κ1) is 24.5. The second-order valence-corrected chi connectivity index (χ2v) is 14.4. The molecule has 0 atom stereocenters. The minimum absolute atomic E-state index is 0.